The summed E-state index contributed by atoms with van der Waals surface area (Å²) in [6, 6.07) is 4.19. The van der Waals surface area contributed by atoms with Crippen LogP contribution in [-0.2, 0) is 4.74 Å². The molecule has 0 aliphatic heterocycles. The van der Waals surface area contributed by atoms with Gasteiger partial charge in [-0.25, -0.2) is 9.18 Å². The number of hydrogen-bond donors (Lipinski definition) is 1. The maximum atomic E-state index is 12.9. The summed E-state index contributed by atoms with van der Waals surface area (Å²) in [6.07, 6.45) is 0. The standard InChI is InChI=1S/C8H7FO2S/c1-11-8(10)7-5(9)3-2-4-6(7)12/h2-4,12H,1H3. The van der Waals surface area contributed by atoms with Crippen molar-refractivity contribution < 1.29 is 13.9 Å². The molecule has 0 bridgehead atoms. The average molecular weight is 186 g/mol. The van der Waals surface area contributed by atoms with Crippen LogP contribution in [0.3, 0.4) is 0 Å². The molecular weight excluding hydrogens is 179 g/mol. The number of carbonyl (C=O) groups is 1. The molecule has 64 valence electrons. The van der Waals surface area contributed by atoms with E-state index in [1.165, 1.54) is 25.3 Å². The molecule has 0 heterocycles. The summed E-state index contributed by atoms with van der Waals surface area (Å²) in [5, 5.41) is 0. The Morgan fingerprint density at radius 2 is 2.25 bits per heavy atom. The first kappa shape index (κ1) is 9.06. The molecule has 4 heteroatoms. The Morgan fingerprint density at radius 1 is 1.58 bits per heavy atom. The minimum atomic E-state index is -0.710. The van der Waals surface area contributed by atoms with E-state index in [0.717, 1.165) is 0 Å². The molecule has 0 aliphatic rings. The van der Waals surface area contributed by atoms with Crippen molar-refractivity contribution in [2.75, 3.05) is 7.11 Å². The Balaban J connectivity index is 3.21. The topological polar surface area (TPSA) is 26.3 Å². The van der Waals surface area contributed by atoms with Crippen LogP contribution in [0.1, 0.15) is 10.4 Å². The Bertz CT molecular complexity index is 292. The predicted molar refractivity (Wildman–Crippen MR) is 45.0 cm³/mol. The monoisotopic (exact) mass is 186 g/mol. The van der Waals surface area contributed by atoms with Crippen molar-refractivity contribution in [2.24, 2.45) is 0 Å². The van der Waals surface area contributed by atoms with Gasteiger partial charge in [0.1, 0.15) is 11.4 Å². The highest BCUT2D eigenvalue weighted by atomic mass is 32.1. The highest BCUT2D eigenvalue weighted by Crippen LogP contribution is 2.17. The molecule has 12 heavy (non-hydrogen) atoms. The number of ether oxygens (including phenoxy) is 1. The second-order valence-corrected chi connectivity index (χ2v) is 2.61. The lowest BCUT2D eigenvalue weighted by molar-refractivity contribution is 0.0591. The normalized spacial score (nSPS) is 9.58. The van der Waals surface area contributed by atoms with Crippen molar-refractivity contribution >= 4 is 18.6 Å². The number of thiol groups is 1. The third kappa shape index (κ3) is 1.58. The summed E-state index contributed by atoms with van der Waals surface area (Å²) >= 11 is 3.92. The van der Waals surface area contributed by atoms with Gasteiger partial charge in [-0.15, -0.1) is 12.6 Å². The highest BCUT2D eigenvalue weighted by molar-refractivity contribution is 7.80. The number of hydrogen-bond acceptors (Lipinski definition) is 3. The SMILES string of the molecule is COC(=O)c1c(F)cccc1S. The van der Waals surface area contributed by atoms with Gasteiger partial charge in [0.25, 0.3) is 0 Å². The molecule has 0 saturated carbocycles. The van der Waals surface area contributed by atoms with E-state index in [9.17, 15) is 9.18 Å². The third-order valence-corrected chi connectivity index (χ3v) is 1.75. The zero-order valence-corrected chi connectivity index (χ0v) is 7.27. The molecule has 0 spiro atoms. The van der Waals surface area contributed by atoms with Crippen LogP contribution in [0.2, 0.25) is 0 Å². The summed E-state index contributed by atoms with van der Waals surface area (Å²) in [4.78, 5) is 11.2. The smallest absolute Gasteiger partial charge is 0.341 e. The molecule has 0 radical (unpaired) electrons. The molecule has 1 aromatic carbocycles. The summed E-state index contributed by atoms with van der Waals surface area (Å²) in [7, 11) is 1.20. The van der Waals surface area contributed by atoms with Crippen molar-refractivity contribution in [1.29, 1.82) is 0 Å². The Labute approximate surface area is 74.8 Å². The molecule has 0 atom stereocenters. The molecule has 1 rings (SSSR count). The van der Waals surface area contributed by atoms with Gasteiger partial charge in [-0.3, -0.25) is 0 Å². The number of rotatable bonds is 1. The van der Waals surface area contributed by atoms with E-state index in [4.69, 9.17) is 0 Å². The van der Waals surface area contributed by atoms with Crippen LogP contribution < -0.4 is 0 Å². The maximum Gasteiger partial charge on any atom is 0.341 e. The summed E-state index contributed by atoms with van der Waals surface area (Å²) in [5.41, 5.74) is -0.122. The highest BCUT2D eigenvalue weighted by Gasteiger charge is 2.14. The number of carbonyl (C=O) groups excluding carboxylic acids is 1. The van der Waals surface area contributed by atoms with Crippen molar-refractivity contribution in [3.8, 4) is 0 Å². The lowest BCUT2D eigenvalue weighted by Crippen LogP contribution is -2.05. The van der Waals surface area contributed by atoms with Gasteiger partial charge < -0.3 is 4.74 Å². The molecule has 0 saturated heterocycles. The molecule has 0 aliphatic carbocycles. The van der Waals surface area contributed by atoms with E-state index in [1.807, 2.05) is 0 Å². The first-order valence-corrected chi connectivity index (χ1v) is 3.67. The van der Waals surface area contributed by atoms with Gasteiger partial charge in [-0.1, -0.05) is 6.07 Å². The fourth-order valence-electron chi connectivity index (χ4n) is 0.817. The number of methoxy groups -OCH3 is 1. The van der Waals surface area contributed by atoms with Gasteiger partial charge in [0.05, 0.1) is 7.11 Å². The first-order valence-electron chi connectivity index (χ1n) is 3.22. The van der Waals surface area contributed by atoms with E-state index in [2.05, 4.69) is 17.4 Å². The Hall–Kier alpha value is -1.03. The lowest BCUT2D eigenvalue weighted by Gasteiger charge is -2.02. The van der Waals surface area contributed by atoms with Crippen molar-refractivity contribution in [2.45, 2.75) is 4.90 Å². The fourth-order valence-corrected chi connectivity index (χ4v) is 1.10. The van der Waals surface area contributed by atoms with Crippen molar-refractivity contribution in [3.63, 3.8) is 0 Å². The molecule has 0 amide bonds. The fraction of sp³-hybridized carbons (Fsp3) is 0.125. The number of benzene rings is 1. The molecule has 2 nitrogen and oxygen atoms in total. The van der Waals surface area contributed by atoms with Crippen LogP contribution in [0, 0.1) is 5.82 Å². The average Bonchev–Trinajstić information content (AvgIpc) is 2.03. The molecule has 0 fully saturated rings. The van der Waals surface area contributed by atoms with Crippen LogP contribution in [0.15, 0.2) is 23.1 Å². The van der Waals surface area contributed by atoms with E-state index >= 15 is 0 Å². The van der Waals surface area contributed by atoms with Crippen molar-refractivity contribution in [1.82, 2.24) is 0 Å². The van der Waals surface area contributed by atoms with E-state index in [0.29, 0.717) is 0 Å². The van der Waals surface area contributed by atoms with Gasteiger partial charge in [0, 0.05) is 4.90 Å². The molecule has 1 aromatic rings. The van der Waals surface area contributed by atoms with E-state index in [-0.39, 0.29) is 10.5 Å². The van der Waals surface area contributed by atoms with Crippen LogP contribution in [0.5, 0.6) is 0 Å². The summed E-state index contributed by atoms with van der Waals surface area (Å²) in [6.45, 7) is 0. The van der Waals surface area contributed by atoms with Crippen LogP contribution in [-0.4, -0.2) is 13.1 Å². The zero-order valence-electron chi connectivity index (χ0n) is 6.37. The molecule has 0 aromatic heterocycles. The van der Waals surface area contributed by atoms with Gasteiger partial charge in [-0.05, 0) is 12.1 Å². The van der Waals surface area contributed by atoms with E-state index in [1.54, 1.807) is 0 Å². The van der Waals surface area contributed by atoms with Gasteiger partial charge in [0.15, 0.2) is 0 Å². The van der Waals surface area contributed by atoms with Gasteiger partial charge >= 0.3 is 5.97 Å². The zero-order chi connectivity index (χ0) is 9.14. The van der Waals surface area contributed by atoms with Crippen LogP contribution in [0.25, 0.3) is 0 Å². The third-order valence-electron chi connectivity index (χ3n) is 1.38. The van der Waals surface area contributed by atoms with E-state index < -0.39 is 11.8 Å². The number of halogens is 1. The quantitative estimate of drug-likeness (QED) is 0.535. The number of esters is 1. The Morgan fingerprint density at radius 3 is 2.75 bits per heavy atom. The van der Waals surface area contributed by atoms with Crippen molar-refractivity contribution in [3.05, 3.63) is 29.6 Å². The largest absolute Gasteiger partial charge is 0.465 e. The molecule has 0 unspecified atom stereocenters. The Kier molecular flexibility index (Phi) is 2.70. The predicted octanol–water partition coefficient (Wildman–Crippen LogP) is 1.90. The maximum absolute atomic E-state index is 12.9. The first-order chi connectivity index (χ1) is 5.66. The summed E-state index contributed by atoms with van der Waals surface area (Å²) < 4.78 is 17.3. The molecule has 0 N–H and O–H groups in total. The lowest BCUT2D eigenvalue weighted by atomic mass is 10.2. The van der Waals surface area contributed by atoms with Gasteiger partial charge in [-0.2, -0.15) is 0 Å². The molecular formula is C8H7FO2S. The minimum absolute atomic E-state index is 0.122. The van der Waals surface area contributed by atoms with Crippen LogP contribution in [0.4, 0.5) is 4.39 Å². The second kappa shape index (κ2) is 3.58. The van der Waals surface area contributed by atoms with Crippen LogP contribution >= 0.6 is 12.6 Å². The second-order valence-electron chi connectivity index (χ2n) is 2.13. The summed E-state index contributed by atoms with van der Waals surface area (Å²) in [5.74, 6) is -1.33. The van der Waals surface area contributed by atoms with Gasteiger partial charge in [0.2, 0.25) is 0 Å². The minimum Gasteiger partial charge on any atom is -0.465 e.